The fourth-order valence-corrected chi connectivity index (χ4v) is 1.56. The van der Waals surface area contributed by atoms with Crippen molar-refractivity contribution in [1.29, 1.82) is 0 Å². The highest BCUT2D eigenvalue weighted by Crippen LogP contribution is 2.26. The van der Waals surface area contributed by atoms with Crippen LogP contribution in [0.5, 0.6) is 0 Å². The number of carboxylic acids is 1. The molecule has 102 valence electrons. The molecule has 0 radical (unpaired) electrons. The molecule has 0 spiro atoms. The van der Waals surface area contributed by atoms with E-state index in [2.05, 4.69) is 10.0 Å². The number of nitrogen functional groups attached to an aromatic ring is 1. The van der Waals surface area contributed by atoms with Crippen LogP contribution in [0.1, 0.15) is 28.4 Å². The van der Waals surface area contributed by atoms with Crippen LogP contribution in [0.15, 0.2) is 23.3 Å². The lowest BCUT2D eigenvalue weighted by molar-refractivity contribution is 0.0154. The van der Waals surface area contributed by atoms with Crippen molar-refractivity contribution in [2.75, 3.05) is 12.3 Å². The van der Waals surface area contributed by atoms with Gasteiger partial charge in [0.1, 0.15) is 6.10 Å². The third-order valence-corrected chi connectivity index (χ3v) is 2.60. The molecule has 2 atom stereocenters. The van der Waals surface area contributed by atoms with Gasteiger partial charge in [-0.2, -0.15) is 0 Å². The minimum Gasteiger partial charge on any atom is -0.478 e. The van der Waals surface area contributed by atoms with E-state index in [0.29, 0.717) is 0 Å². The molecule has 1 aromatic carbocycles. The Hall–Kier alpha value is -2.28. The first-order valence-electron chi connectivity index (χ1n) is 5.47. The molecule has 8 nitrogen and oxygen atoms in total. The number of benzene rings is 1. The maximum Gasteiger partial charge on any atom is 0.335 e. The van der Waals surface area contributed by atoms with E-state index in [0.717, 1.165) is 0 Å². The summed E-state index contributed by atoms with van der Waals surface area (Å²) >= 11 is 0. The summed E-state index contributed by atoms with van der Waals surface area (Å²) < 4.78 is 0. The number of aromatic carboxylic acids is 1. The van der Waals surface area contributed by atoms with Crippen LogP contribution < -0.4 is 5.73 Å². The molecular formula is C11H14N4O4. The van der Waals surface area contributed by atoms with Gasteiger partial charge in [0.25, 0.3) is 0 Å². The van der Waals surface area contributed by atoms with Crippen molar-refractivity contribution in [3.05, 3.63) is 39.8 Å². The highest BCUT2D eigenvalue weighted by atomic mass is 16.4. The summed E-state index contributed by atoms with van der Waals surface area (Å²) in [5.41, 5.74) is 14.0. The Morgan fingerprint density at radius 2 is 2.16 bits per heavy atom. The molecule has 0 aliphatic heterocycles. The Morgan fingerprint density at radius 3 is 2.74 bits per heavy atom. The first kappa shape index (κ1) is 14.8. The van der Waals surface area contributed by atoms with Gasteiger partial charge in [0.05, 0.1) is 11.7 Å². The number of nitrogens with two attached hydrogens (primary N) is 1. The standard InChI is InChI=1S/C11H14N4O4/c12-8-2-1-6(11(18)19)5-7(8)10(17)9(16)3-4-14-15-13/h1-2,5,9-10,16-17H,3-4,12H2,(H,18,19). The first-order valence-corrected chi connectivity index (χ1v) is 5.47. The average Bonchev–Trinajstić information content (AvgIpc) is 2.38. The van der Waals surface area contributed by atoms with Gasteiger partial charge in [-0.15, -0.1) is 0 Å². The zero-order chi connectivity index (χ0) is 14.4. The molecule has 0 fully saturated rings. The van der Waals surface area contributed by atoms with Gasteiger partial charge < -0.3 is 21.1 Å². The van der Waals surface area contributed by atoms with Crippen LogP contribution in [0, 0.1) is 0 Å². The number of aliphatic hydroxyl groups excluding tert-OH is 2. The maximum atomic E-state index is 10.8. The normalized spacial score (nSPS) is 13.4. The van der Waals surface area contributed by atoms with Gasteiger partial charge >= 0.3 is 5.97 Å². The minimum absolute atomic E-state index is 0.0211. The van der Waals surface area contributed by atoms with E-state index in [4.69, 9.17) is 16.4 Å². The fourth-order valence-electron chi connectivity index (χ4n) is 1.56. The molecule has 1 rings (SSSR count). The third-order valence-electron chi connectivity index (χ3n) is 2.60. The van der Waals surface area contributed by atoms with Crippen molar-refractivity contribution in [3.8, 4) is 0 Å². The molecule has 0 aliphatic rings. The number of hydrogen-bond acceptors (Lipinski definition) is 5. The van der Waals surface area contributed by atoms with Gasteiger partial charge in [0.15, 0.2) is 0 Å². The first-order chi connectivity index (χ1) is 8.97. The lowest BCUT2D eigenvalue weighted by Crippen LogP contribution is -2.20. The van der Waals surface area contributed by atoms with Gasteiger partial charge in [-0.1, -0.05) is 5.11 Å². The molecule has 0 aromatic heterocycles. The summed E-state index contributed by atoms with van der Waals surface area (Å²) in [5, 5.41) is 31.7. The van der Waals surface area contributed by atoms with Crippen molar-refractivity contribution >= 4 is 11.7 Å². The number of aliphatic hydroxyl groups is 2. The molecule has 2 unspecified atom stereocenters. The maximum absolute atomic E-state index is 10.8. The molecule has 0 aliphatic carbocycles. The third kappa shape index (κ3) is 3.85. The predicted octanol–water partition coefficient (Wildman–Crippen LogP) is 1.06. The Labute approximate surface area is 108 Å². The second-order valence-electron chi connectivity index (χ2n) is 3.90. The van der Waals surface area contributed by atoms with Crippen LogP contribution >= 0.6 is 0 Å². The van der Waals surface area contributed by atoms with E-state index < -0.39 is 18.2 Å². The molecule has 0 saturated heterocycles. The molecule has 8 heteroatoms. The Balaban J connectivity index is 2.91. The molecule has 19 heavy (non-hydrogen) atoms. The number of azide groups is 1. The summed E-state index contributed by atoms with van der Waals surface area (Å²) in [6.07, 6.45) is -2.49. The van der Waals surface area contributed by atoms with E-state index >= 15 is 0 Å². The number of carboxylic acid groups (broad SMARTS) is 1. The molecule has 0 bridgehead atoms. The molecular weight excluding hydrogens is 252 g/mol. The van der Waals surface area contributed by atoms with Gasteiger partial charge in [-0.3, -0.25) is 0 Å². The predicted molar refractivity (Wildman–Crippen MR) is 67.4 cm³/mol. The van der Waals surface area contributed by atoms with Gasteiger partial charge in [0.2, 0.25) is 0 Å². The second kappa shape index (κ2) is 6.60. The quantitative estimate of drug-likeness (QED) is 0.262. The van der Waals surface area contributed by atoms with Crippen LogP contribution in [0.4, 0.5) is 5.69 Å². The number of anilines is 1. The average molecular weight is 266 g/mol. The van der Waals surface area contributed by atoms with Gasteiger partial charge in [-0.05, 0) is 30.2 Å². The Kier molecular flexibility index (Phi) is 5.13. The smallest absolute Gasteiger partial charge is 0.335 e. The van der Waals surface area contributed by atoms with E-state index in [-0.39, 0.29) is 29.8 Å². The fraction of sp³-hybridized carbons (Fsp3) is 0.364. The van der Waals surface area contributed by atoms with E-state index in [1.165, 1.54) is 18.2 Å². The summed E-state index contributed by atoms with van der Waals surface area (Å²) in [6.45, 7) is 0.0211. The van der Waals surface area contributed by atoms with E-state index in [1.807, 2.05) is 0 Å². The van der Waals surface area contributed by atoms with Crippen LogP contribution in [-0.2, 0) is 0 Å². The van der Waals surface area contributed by atoms with Gasteiger partial charge in [0, 0.05) is 22.7 Å². The lowest BCUT2D eigenvalue weighted by atomic mass is 9.98. The molecule has 0 saturated carbocycles. The summed E-state index contributed by atoms with van der Waals surface area (Å²) in [4.78, 5) is 13.4. The molecule has 0 heterocycles. The number of carbonyl (C=O) groups is 1. The highest BCUT2D eigenvalue weighted by molar-refractivity contribution is 5.88. The number of rotatable bonds is 6. The van der Waals surface area contributed by atoms with E-state index in [1.54, 1.807) is 0 Å². The zero-order valence-corrected chi connectivity index (χ0v) is 9.97. The summed E-state index contributed by atoms with van der Waals surface area (Å²) in [7, 11) is 0. The van der Waals surface area contributed by atoms with Crippen LogP contribution in [-0.4, -0.2) is 33.9 Å². The minimum atomic E-state index is -1.34. The summed E-state index contributed by atoms with van der Waals surface area (Å²) in [5.74, 6) is -1.16. The van der Waals surface area contributed by atoms with Crippen LogP contribution in [0.2, 0.25) is 0 Å². The Bertz CT molecular complexity index is 513. The van der Waals surface area contributed by atoms with Crippen molar-refractivity contribution in [1.82, 2.24) is 0 Å². The molecule has 0 amide bonds. The monoisotopic (exact) mass is 266 g/mol. The topological polar surface area (TPSA) is 153 Å². The SMILES string of the molecule is [N-]=[N+]=NCCC(O)C(O)c1cc(C(=O)O)ccc1N. The lowest BCUT2D eigenvalue weighted by Gasteiger charge is -2.19. The largest absolute Gasteiger partial charge is 0.478 e. The van der Waals surface area contributed by atoms with E-state index in [9.17, 15) is 15.0 Å². The van der Waals surface area contributed by atoms with Crippen LogP contribution in [0.3, 0.4) is 0 Å². The Morgan fingerprint density at radius 1 is 1.47 bits per heavy atom. The molecule has 1 aromatic rings. The van der Waals surface area contributed by atoms with Crippen LogP contribution in [0.25, 0.3) is 10.4 Å². The van der Waals surface area contributed by atoms with Gasteiger partial charge in [-0.25, -0.2) is 4.79 Å². The van der Waals surface area contributed by atoms with Crippen molar-refractivity contribution in [3.63, 3.8) is 0 Å². The summed E-state index contributed by atoms with van der Waals surface area (Å²) in [6, 6.07) is 3.86. The number of hydrogen-bond donors (Lipinski definition) is 4. The van der Waals surface area contributed by atoms with Crippen molar-refractivity contribution in [2.24, 2.45) is 5.11 Å². The highest BCUT2D eigenvalue weighted by Gasteiger charge is 2.21. The molecule has 5 N–H and O–H groups in total. The van der Waals surface area contributed by atoms with Crippen molar-refractivity contribution in [2.45, 2.75) is 18.6 Å². The zero-order valence-electron chi connectivity index (χ0n) is 9.97. The second-order valence-corrected chi connectivity index (χ2v) is 3.90. The number of nitrogens with zero attached hydrogens (tertiary/aromatic N) is 3. The van der Waals surface area contributed by atoms with Crippen molar-refractivity contribution < 1.29 is 20.1 Å².